The Hall–Kier alpha value is -2.53. The number of rotatable bonds is 3. The fourth-order valence-electron chi connectivity index (χ4n) is 4.05. The van der Waals surface area contributed by atoms with Gasteiger partial charge in [-0.2, -0.15) is 0 Å². The summed E-state index contributed by atoms with van der Waals surface area (Å²) < 4.78 is 0. The standard InChI is InChI=1S/C21H21ClN2O3/c22-16-7-9-18(19(25)10-16)21(27)23-12-15-6-8-17(13-23)24(20(15)26)11-14-4-2-1-3-5-14/h1-5,7,9-10,15,17,25H,6,8,11-13H2/t15-,17+/m1/s1. The summed E-state index contributed by atoms with van der Waals surface area (Å²) in [7, 11) is 0. The van der Waals surface area contributed by atoms with E-state index in [1.165, 1.54) is 12.1 Å². The number of carbonyl (C=O) groups is 2. The number of phenols is 1. The Labute approximate surface area is 163 Å². The quantitative estimate of drug-likeness (QED) is 0.883. The van der Waals surface area contributed by atoms with Gasteiger partial charge in [-0.05, 0) is 36.6 Å². The van der Waals surface area contributed by atoms with E-state index in [2.05, 4.69) is 0 Å². The molecule has 27 heavy (non-hydrogen) atoms. The van der Waals surface area contributed by atoms with Crippen molar-refractivity contribution in [3.05, 3.63) is 64.7 Å². The molecular weight excluding hydrogens is 364 g/mol. The molecule has 3 heterocycles. The van der Waals surface area contributed by atoms with Crippen LogP contribution in [0.5, 0.6) is 5.75 Å². The molecule has 3 aliphatic heterocycles. The van der Waals surface area contributed by atoms with E-state index in [4.69, 9.17) is 11.6 Å². The van der Waals surface area contributed by atoms with Crippen molar-refractivity contribution in [1.82, 2.24) is 9.80 Å². The number of fused-ring (bicyclic) bond motifs is 4. The zero-order valence-electron chi connectivity index (χ0n) is 14.8. The molecule has 3 aliphatic rings. The molecular formula is C21H21ClN2O3. The van der Waals surface area contributed by atoms with E-state index < -0.39 is 0 Å². The highest BCUT2D eigenvalue weighted by Gasteiger charge is 2.42. The lowest BCUT2D eigenvalue weighted by atomic mass is 9.93. The molecule has 5 rings (SSSR count). The van der Waals surface area contributed by atoms with Crippen molar-refractivity contribution in [2.45, 2.75) is 25.4 Å². The lowest BCUT2D eigenvalue weighted by Gasteiger charge is -2.36. The third kappa shape index (κ3) is 3.52. The minimum absolute atomic E-state index is 0.00477. The molecule has 5 nitrogen and oxygen atoms in total. The molecule has 3 saturated heterocycles. The second kappa shape index (κ2) is 7.24. The highest BCUT2D eigenvalue weighted by atomic mass is 35.5. The molecule has 2 aromatic rings. The molecule has 140 valence electrons. The SMILES string of the molecule is O=C(c1ccc(Cl)cc1O)N1C[C@H]2CC[C@@H](C1)N(Cc1ccccc1)C2=O. The van der Waals surface area contributed by atoms with E-state index in [0.29, 0.717) is 24.7 Å². The highest BCUT2D eigenvalue weighted by molar-refractivity contribution is 6.30. The molecule has 2 bridgehead atoms. The maximum Gasteiger partial charge on any atom is 0.257 e. The monoisotopic (exact) mass is 384 g/mol. The largest absolute Gasteiger partial charge is 0.507 e. The Balaban J connectivity index is 1.57. The van der Waals surface area contributed by atoms with Gasteiger partial charge in [-0.15, -0.1) is 0 Å². The molecule has 2 atom stereocenters. The van der Waals surface area contributed by atoms with Crippen LogP contribution in [0.4, 0.5) is 0 Å². The summed E-state index contributed by atoms with van der Waals surface area (Å²) in [6.07, 6.45) is 1.69. The van der Waals surface area contributed by atoms with Crippen LogP contribution in [0.2, 0.25) is 5.02 Å². The highest BCUT2D eigenvalue weighted by Crippen LogP contribution is 2.32. The number of amides is 2. The van der Waals surface area contributed by atoms with Gasteiger partial charge in [-0.1, -0.05) is 41.9 Å². The minimum Gasteiger partial charge on any atom is -0.507 e. The van der Waals surface area contributed by atoms with Crippen LogP contribution in [0.15, 0.2) is 48.5 Å². The average molecular weight is 385 g/mol. The number of hydrogen-bond donors (Lipinski definition) is 1. The van der Waals surface area contributed by atoms with Gasteiger partial charge in [0.15, 0.2) is 0 Å². The molecule has 0 saturated carbocycles. The van der Waals surface area contributed by atoms with Gasteiger partial charge in [-0.3, -0.25) is 9.59 Å². The number of nitrogens with zero attached hydrogens (tertiary/aromatic N) is 2. The van der Waals surface area contributed by atoms with Gasteiger partial charge in [-0.25, -0.2) is 0 Å². The van der Waals surface area contributed by atoms with Gasteiger partial charge >= 0.3 is 0 Å². The topological polar surface area (TPSA) is 60.9 Å². The van der Waals surface area contributed by atoms with Crippen LogP contribution in [-0.2, 0) is 11.3 Å². The van der Waals surface area contributed by atoms with Crippen LogP contribution >= 0.6 is 11.6 Å². The summed E-state index contributed by atoms with van der Waals surface area (Å²) in [6.45, 7) is 1.44. The number of halogens is 1. The van der Waals surface area contributed by atoms with Crippen molar-refractivity contribution in [2.24, 2.45) is 5.92 Å². The van der Waals surface area contributed by atoms with Crippen molar-refractivity contribution >= 4 is 23.4 Å². The Kier molecular flexibility index (Phi) is 4.79. The van der Waals surface area contributed by atoms with E-state index in [-0.39, 0.29) is 35.1 Å². The van der Waals surface area contributed by atoms with E-state index in [9.17, 15) is 14.7 Å². The minimum atomic E-state index is -0.254. The van der Waals surface area contributed by atoms with Gasteiger partial charge in [0.25, 0.3) is 5.91 Å². The summed E-state index contributed by atoms with van der Waals surface area (Å²) in [5.74, 6) is -0.455. The maximum atomic E-state index is 13.0. The molecule has 2 aromatic carbocycles. The number of carbonyl (C=O) groups excluding carboxylic acids is 2. The third-order valence-electron chi connectivity index (χ3n) is 5.47. The van der Waals surface area contributed by atoms with E-state index >= 15 is 0 Å². The van der Waals surface area contributed by atoms with Gasteiger partial charge < -0.3 is 14.9 Å². The zero-order chi connectivity index (χ0) is 19.0. The van der Waals surface area contributed by atoms with E-state index in [1.807, 2.05) is 35.2 Å². The Morgan fingerprint density at radius 3 is 2.63 bits per heavy atom. The van der Waals surface area contributed by atoms with Gasteiger partial charge in [0.05, 0.1) is 11.5 Å². The fourth-order valence-corrected chi connectivity index (χ4v) is 4.22. The summed E-state index contributed by atoms with van der Waals surface area (Å²) in [5.41, 5.74) is 1.31. The number of piperidine rings is 1. The summed E-state index contributed by atoms with van der Waals surface area (Å²) in [4.78, 5) is 29.5. The number of phenolic OH excluding ortho intramolecular Hbond substituents is 1. The molecule has 0 aromatic heterocycles. The van der Waals surface area contributed by atoms with Crippen LogP contribution in [0.1, 0.15) is 28.8 Å². The van der Waals surface area contributed by atoms with Gasteiger partial charge in [0, 0.05) is 30.7 Å². The summed E-state index contributed by atoms with van der Waals surface area (Å²) in [5, 5.41) is 10.5. The molecule has 0 radical (unpaired) electrons. The predicted molar refractivity (Wildman–Crippen MR) is 103 cm³/mol. The second-order valence-corrected chi connectivity index (χ2v) is 7.69. The fraction of sp³-hybridized carbons (Fsp3) is 0.333. The lowest BCUT2D eigenvalue weighted by Crippen LogP contribution is -2.47. The second-order valence-electron chi connectivity index (χ2n) is 7.25. The van der Waals surface area contributed by atoms with Crippen molar-refractivity contribution in [1.29, 1.82) is 0 Å². The van der Waals surface area contributed by atoms with Crippen LogP contribution < -0.4 is 0 Å². The van der Waals surface area contributed by atoms with E-state index in [1.54, 1.807) is 11.0 Å². The third-order valence-corrected chi connectivity index (χ3v) is 5.70. The average Bonchev–Trinajstić information content (AvgIpc) is 2.95. The number of hydrogen-bond acceptors (Lipinski definition) is 3. The Morgan fingerprint density at radius 2 is 1.89 bits per heavy atom. The zero-order valence-corrected chi connectivity index (χ0v) is 15.6. The molecule has 1 N–H and O–H groups in total. The molecule has 2 amide bonds. The Morgan fingerprint density at radius 1 is 1.11 bits per heavy atom. The smallest absolute Gasteiger partial charge is 0.257 e. The first-order chi connectivity index (χ1) is 13.0. The summed E-state index contributed by atoms with van der Waals surface area (Å²) >= 11 is 5.87. The first kappa shape index (κ1) is 17.9. The molecule has 0 spiro atoms. The summed E-state index contributed by atoms with van der Waals surface area (Å²) in [6, 6.07) is 14.4. The molecule has 0 unspecified atom stereocenters. The van der Waals surface area contributed by atoms with E-state index in [0.717, 1.165) is 18.4 Å². The molecule has 0 aliphatic carbocycles. The first-order valence-corrected chi connectivity index (χ1v) is 9.53. The predicted octanol–water partition coefficient (Wildman–Crippen LogP) is 3.31. The van der Waals surface area contributed by atoms with Crippen LogP contribution in [0.25, 0.3) is 0 Å². The maximum absolute atomic E-state index is 13.0. The van der Waals surface area contributed by atoms with Crippen molar-refractivity contribution in [3.63, 3.8) is 0 Å². The molecule has 6 heteroatoms. The Bertz CT molecular complexity index is 871. The van der Waals surface area contributed by atoms with Gasteiger partial charge in [0.2, 0.25) is 5.91 Å². The number of benzene rings is 2. The first-order valence-electron chi connectivity index (χ1n) is 9.15. The van der Waals surface area contributed by atoms with Crippen molar-refractivity contribution < 1.29 is 14.7 Å². The van der Waals surface area contributed by atoms with Crippen molar-refractivity contribution in [3.8, 4) is 5.75 Å². The normalized spacial score (nSPS) is 22.0. The van der Waals surface area contributed by atoms with Crippen molar-refractivity contribution in [2.75, 3.05) is 13.1 Å². The number of aromatic hydroxyl groups is 1. The van der Waals surface area contributed by atoms with Crippen LogP contribution in [0, 0.1) is 5.92 Å². The van der Waals surface area contributed by atoms with Crippen LogP contribution in [-0.4, -0.2) is 45.9 Å². The molecule has 3 fully saturated rings. The van der Waals surface area contributed by atoms with Crippen LogP contribution in [0.3, 0.4) is 0 Å². The lowest BCUT2D eigenvalue weighted by molar-refractivity contribution is -0.140. The van der Waals surface area contributed by atoms with Gasteiger partial charge in [0.1, 0.15) is 5.75 Å².